The number of carbonyl (C=O) groups excluding carboxylic acids is 3. The summed E-state index contributed by atoms with van der Waals surface area (Å²) in [6.07, 6.45) is 3.15. The Morgan fingerprint density at radius 1 is 1.23 bits per heavy atom. The molecule has 210 valence electrons. The van der Waals surface area contributed by atoms with Crippen molar-refractivity contribution >= 4 is 29.1 Å². The number of nitrogens with two attached hydrogens (primary N) is 1. The van der Waals surface area contributed by atoms with Crippen LogP contribution in [0.2, 0.25) is 5.02 Å². The minimum Gasteiger partial charge on any atom is -0.510 e. The number of allylic oxidation sites excluding steroid dienone is 1. The second-order valence-corrected chi connectivity index (χ2v) is 11.6. The molecule has 1 heterocycles. The maximum Gasteiger partial charge on any atom is 0.255 e. The van der Waals surface area contributed by atoms with Gasteiger partial charge in [-0.05, 0) is 76.0 Å². The van der Waals surface area contributed by atoms with Crippen LogP contribution in [0.25, 0.3) is 0 Å². The summed E-state index contributed by atoms with van der Waals surface area (Å²) in [6.45, 7) is 3.78. The standard InChI is InChI=1S/C28H34ClN3O7/c1-4-32-8-6-5-7-16(32)13-11-17(33)19-14(21(13)29)9-12-10-15-22(31(2)3)24(35)20(27(30)38)26(37)28(15,39)25(36)18(12)23(19)34/h11-12,15-16,22,33,35-36,39H,4-10H2,1-3H3,(H2,30,38)/t12-,15-,16?,22-,28-/m0/s1. The first-order valence-corrected chi connectivity index (χ1v) is 13.7. The van der Waals surface area contributed by atoms with Crippen molar-refractivity contribution in [2.45, 2.75) is 56.7 Å². The third-order valence-electron chi connectivity index (χ3n) is 9.06. The van der Waals surface area contributed by atoms with Crippen molar-refractivity contribution in [1.29, 1.82) is 0 Å². The molecule has 10 nitrogen and oxygen atoms in total. The maximum atomic E-state index is 13.8. The number of benzene rings is 1. The van der Waals surface area contributed by atoms with Crippen molar-refractivity contribution in [2.24, 2.45) is 17.6 Å². The summed E-state index contributed by atoms with van der Waals surface area (Å²) in [7, 11) is 3.19. The normalized spacial score (nSPS) is 31.3. The van der Waals surface area contributed by atoms with Gasteiger partial charge in [-0.15, -0.1) is 0 Å². The summed E-state index contributed by atoms with van der Waals surface area (Å²) in [6, 6.07) is 0.467. The first kappa shape index (κ1) is 27.6. The number of hydrogen-bond donors (Lipinski definition) is 5. The van der Waals surface area contributed by atoms with Crippen LogP contribution < -0.4 is 5.73 Å². The largest absolute Gasteiger partial charge is 0.510 e. The second-order valence-electron chi connectivity index (χ2n) is 11.3. The number of nitrogens with zero attached hydrogens (tertiary/aromatic N) is 2. The quantitative estimate of drug-likeness (QED) is 0.348. The van der Waals surface area contributed by atoms with Gasteiger partial charge in [0.2, 0.25) is 5.78 Å². The van der Waals surface area contributed by atoms with Crippen molar-refractivity contribution in [2.75, 3.05) is 27.2 Å². The number of piperidine rings is 1. The molecule has 1 aliphatic heterocycles. The van der Waals surface area contributed by atoms with Gasteiger partial charge in [0.1, 0.15) is 22.8 Å². The molecule has 11 heteroatoms. The fourth-order valence-corrected chi connectivity index (χ4v) is 7.63. The lowest BCUT2D eigenvalue weighted by atomic mass is 9.58. The van der Waals surface area contributed by atoms with E-state index in [1.54, 1.807) is 14.1 Å². The van der Waals surface area contributed by atoms with E-state index in [2.05, 4.69) is 11.8 Å². The fourth-order valence-electron chi connectivity index (χ4n) is 7.28. The van der Waals surface area contributed by atoms with Crippen LogP contribution in [0.3, 0.4) is 0 Å². The van der Waals surface area contributed by atoms with E-state index in [9.17, 15) is 34.8 Å². The first-order chi connectivity index (χ1) is 18.4. The number of hydrogen-bond acceptors (Lipinski definition) is 9. The molecule has 0 aromatic heterocycles. The molecular formula is C28H34ClN3O7. The molecule has 5 atom stereocenters. The molecule has 3 aliphatic carbocycles. The van der Waals surface area contributed by atoms with Crippen LogP contribution in [0.5, 0.6) is 5.75 Å². The summed E-state index contributed by atoms with van der Waals surface area (Å²) >= 11 is 6.95. The predicted molar refractivity (Wildman–Crippen MR) is 143 cm³/mol. The highest BCUT2D eigenvalue weighted by Crippen LogP contribution is 2.53. The summed E-state index contributed by atoms with van der Waals surface area (Å²) < 4.78 is 0. The number of aromatic hydroxyl groups is 1. The number of amides is 1. The van der Waals surface area contributed by atoms with Gasteiger partial charge in [0.05, 0.1) is 11.6 Å². The van der Waals surface area contributed by atoms with Gasteiger partial charge in [0.25, 0.3) is 5.91 Å². The van der Waals surface area contributed by atoms with E-state index in [0.29, 0.717) is 10.6 Å². The molecule has 39 heavy (non-hydrogen) atoms. The number of ketones is 2. The Balaban J connectivity index is 1.67. The highest BCUT2D eigenvalue weighted by Gasteiger charge is 2.63. The third kappa shape index (κ3) is 3.83. The molecule has 0 bridgehead atoms. The Morgan fingerprint density at radius 2 is 1.92 bits per heavy atom. The van der Waals surface area contributed by atoms with Gasteiger partial charge in [-0.3, -0.25) is 24.2 Å². The molecule has 1 aromatic carbocycles. The van der Waals surface area contributed by atoms with Gasteiger partial charge in [-0.1, -0.05) is 24.9 Å². The molecule has 4 aliphatic rings. The topological polar surface area (TPSA) is 165 Å². The molecule has 1 unspecified atom stereocenters. The van der Waals surface area contributed by atoms with E-state index in [1.165, 1.54) is 11.0 Å². The molecule has 5 rings (SSSR count). The average molecular weight is 560 g/mol. The number of aliphatic hydroxyl groups excluding tert-OH is 2. The number of carbonyl (C=O) groups is 3. The number of primary amides is 1. The van der Waals surface area contributed by atoms with Crippen LogP contribution in [-0.4, -0.2) is 86.5 Å². The van der Waals surface area contributed by atoms with Crippen molar-refractivity contribution in [3.8, 4) is 5.75 Å². The fraction of sp³-hybridized carbons (Fsp3) is 0.536. The molecule has 1 saturated heterocycles. The van der Waals surface area contributed by atoms with Crippen LogP contribution in [0, 0.1) is 11.8 Å². The summed E-state index contributed by atoms with van der Waals surface area (Å²) in [5.74, 6) is -6.73. The zero-order chi connectivity index (χ0) is 28.5. The van der Waals surface area contributed by atoms with Crippen LogP contribution in [0.1, 0.15) is 60.1 Å². The molecule has 0 radical (unpaired) electrons. The summed E-state index contributed by atoms with van der Waals surface area (Å²) in [5.41, 5.74) is 2.83. The Morgan fingerprint density at radius 3 is 2.54 bits per heavy atom. The minimum absolute atomic E-state index is 0.00673. The van der Waals surface area contributed by atoms with E-state index in [4.69, 9.17) is 17.3 Å². The lowest BCUT2D eigenvalue weighted by Crippen LogP contribution is -2.63. The Bertz CT molecular complexity index is 1350. The van der Waals surface area contributed by atoms with Gasteiger partial charge >= 0.3 is 0 Å². The van der Waals surface area contributed by atoms with Crippen LogP contribution in [0.15, 0.2) is 28.7 Å². The Hall–Kier alpha value is -2.92. The molecule has 1 fully saturated rings. The number of likely N-dealkylation sites (N-methyl/N-ethyl adjacent to an activating group) is 1. The highest BCUT2D eigenvalue weighted by molar-refractivity contribution is 6.33. The van der Waals surface area contributed by atoms with Crippen molar-refractivity contribution in [3.63, 3.8) is 0 Å². The number of aliphatic hydroxyl groups is 3. The van der Waals surface area contributed by atoms with Crippen LogP contribution in [-0.2, 0) is 16.0 Å². The second kappa shape index (κ2) is 9.62. The van der Waals surface area contributed by atoms with E-state index in [0.717, 1.165) is 37.9 Å². The van der Waals surface area contributed by atoms with Crippen molar-refractivity contribution < 1.29 is 34.8 Å². The number of rotatable bonds is 4. The Labute approximate surface area is 231 Å². The van der Waals surface area contributed by atoms with Crippen LogP contribution in [0.4, 0.5) is 0 Å². The Kier molecular flexibility index (Phi) is 6.82. The van der Waals surface area contributed by atoms with Gasteiger partial charge in [-0.25, -0.2) is 0 Å². The predicted octanol–water partition coefficient (Wildman–Crippen LogP) is 2.32. The number of halogens is 1. The van der Waals surface area contributed by atoms with Gasteiger partial charge in [0.15, 0.2) is 11.4 Å². The summed E-state index contributed by atoms with van der Waals surface area (Å²) in [5, 5.41) is 45.4. The number of phenols is 1. The van der Waals surface area contributed by atoms with E-state index in [-0.39, 0.29) is 35.8 Å². The SMILES string of the molecule is CCN1CCCCC1c1cc(O)c2c(c1Cl)C[C@H]1C[C@H]3[C@H](N(C)C)C(O)=C(C(N)=O)C(=O)[C@@]3(O)C(O)=C1C2=O. The van der Waals surface area contributed by atoms with E-state index in [1.807, 2.05) is 0 Å². The molecule has 6 N–H and O–H groups in total. The number of likely N-dealkylation sites (tertiary alicyclic amines) is 1. The van der Waals surface area contributed by atoms with E-state index < -0.39 is 58.0 Å². The van der Waals surface area contributed by atoms with E-state index >= 15 is 0 Å². The smallest absolute Gasteiger partial charge is 0.255 e. The highest BCUT2D eigenvalue weighted by atomic mass is 35.5. The van der Waals surface area contributed by atoms with Crippen molar-refractivity contribution in [3.05, 3.63) is 50.4 Å². The molecule has 1 amide bonds. The monoisotopic (exact) mass is 559 g/mol. The molecule has 1 aromatic rings. The van der Waals surface area contributed by atoms with Gasteiger partial charge < -0.3 is 26.2 Å². The zero-order valence-electron chi connectivity index (χ0n) is 22.2. The maximum absolute atomic E-state index is 13.8. The van der Waals surface area contributed by atoms with Crippen LogP contribution >= 0.6 is 11.6 Å². The molecule has 0 spiro atoms. The first-order valence-electron chi connectivity index (χ1n) is 13.3. The van der Waals surface area contributed by atoms with Gasteiger partial charge in [0, 0.05) is 22.6 Å². The van der Waals surface area contributed by atoms with Gasteiger partial charge in [-0.2, -0.15) is 0 Å². The van der Waals surface area contributed by atoms with Crippen molar-refractivity contribution in [1.82, 2.24) is 9.80 Å². The lowest BCUT2D eigenvalue weighted by Gasteiger charge is -2.50. The number of fused-ring (bicyclic) bond motifs is 3. The molecule has 0 saturated carbocycles. The minimum atomic E-state index is -2.66. The molecular weight excluding hydrogens is 526 g/mol. The average Bonchev–Trinajstić information content (AvgIpc) is 2.87. The summed E-state index contributed by atoms with van der Waals surface area (Å²) in [4.78, 5) is 43.1. The number of phenolic OH excluding ortho intramolecular Hbond substituents is 1. The zero-order valence-corrected chi connectivity index (χ0v) is 23.0. The third-order valence-corrected chi connectivity index (χ3v) is 9.51. The lowest BCUT2D eigenvalue weighted by molar-refractivity contribution is -0.148. The number of Topliss-reactive ketones (excluding diaryl/α,β-unsaturated/α-hetero) is 2.